The fraction of sp³-hybridized carbons (Fsp3) is 0.455. The number of carbonyl (C=O) groups is 2. The number of amides is 2. The molecule has 2 amide bonds. The molecule has 0 bridgehead atoms. The third kappa shape index (κ3) is 3.29. The number of guanidine groups is 1. The average molecular weight is 299 g/mol. The van der Waals surface area contributed by atoms with Gasteiger partial charge in [-0.3, -0.25) is 14.9 Å². The minimum atomic E-state index is -0.872. The van der Waals surface area contributed by atoms with E-state index >= 15 is 0 Å². The molecular formula is C11H14FN5O2S. The number of halogens is 1. The Morgan fingerprint density at radius 1 is 1.55 bits per heavy atom. The van der Waals surface area contributed by atoms with Gasteiger partial charge < -0.3 is 11.1 Å². The lowest BCUT2D eigenvalue weighted by Crippen LogP contribution is -2.37. The zero-order valence-electron chi connectivity index (χ0n) is 10.8. The van der Waals surface area contributed by atoms with Gasteiger partial charge in [-0.15, -0.1) is 0 Å². The van der Waals surface area contributed by atoms with Gasteiger partial charge in [0.1, 0.15) is 11.6 Å². The molecule has 1 aromatic heterocycles. The summed E-state index contributed by atoms with van der Waals surface area (Å²) < 4.78 is 12.8. The van der Waals surface area contributed by atoms with Crippen LogP contribution in [0.25, 0.3) is 0 Å². The first kappa shape index (κ1) is 14.4. The lowest BCUT2D eigenvalue weighted by molar-refractivity contribution is -0.120. The van der Waals surface area contributed by atoms with Gasteiger partial charge in [-0.25, -0.2) is 9.37 Å². The van der Waals surface area contributed by atoms with Crippen molar-refractivity contribution in [2.75, 3.05) is 7.05 Å². The van der Waals surface area contributed by atoms with E-state index in [9.17, 15) is 14.0 Å². The van der Waals surface area contributed by atoms with Crippen LogP contribution in [0.1, 0.15) is 28.2 Å². The van der Waals surface area contributed by atoms with Crippen LogP contribution >= 0.6 is 11.3 Å². The van der Waals surface area contributed by atoms with E-state index in [1.54, 1.807) is 0 Å². The van der Waals surface area contributed by atoms with Gasteiger partial charge in [0.05, 0.1) is 5.69 Å². The summed E-state index contributed by atoms with van der Waals surface area (Å²) in [7, 11) is 1.44. The normalized spacial score (nSPS) is 15.0. The molecule has 1 saturated carbocycles. The van der Waals surface area contributed by atoms with Crippen molar-refractivity contribution in [2.45, 2.75) is 19.5 Å². The zero-order chi connectivity index (χ0) is 14.7. The maximum atomic E-state index is 12.8. The van der Waals surface area contributed by atoms with Crippen molar-refractivity contribution in [1.29, 1.82) is 0 Å². The van der Waals surface area contributed by atoms with E-state index in [0.717, 1.165) is 24.2 Å². The van der Waals surface area contributed by atoms with Crippen molar-refractivity contribution in [3.63, 3.8) is 0 Å². The summed E-state index contributed by atoms with van der Waals surface area (Å²) in [6.07, 6.45) is 1.70. The molecule has 0 aliphatic heterocycles. The first-order valence-corrected chi connectivity index (χ1v) is 6.79. The molecule has 2 rings (SSSR count). The van der Waals surface area contributed by atoms with Crippen LogP contribution in [-0.4, -0.2) is 29.8 Å². The fourth-order valence-corrected chi connectivity index (χ4v) is 2.37. The van der Waals surface area contributed by atoms with Gasteiger partial charge in [-0.1, -0.05) is 11.3 Å². The SMILES string of the molecule is CNC(=O)c1sc(N=C(N)NC(=O)C2CC2)nc1CF. The van der Waals surface area contributed by atoms with E-state index in [1.165, 1.54) is 7.05 Å². The minimum absolute atomic E-state index is 0.00266. The number of alkyl halides is 1. The predicted molar refractivity (Wildman–Crippen MR) is 72.5 cm³/mol. The maximum Gasteiger partial charge on any atom is 0.263 e. The Labute approximate surface area is 118 Å². The second kappa shape index (κ2) is 5.95. The number of thiazole rings is 1. The Hall–Kier alpha value is -2.03. The number of aliphatic imine (C=N–C) groups is 1. The van der Waals surface area contributed by atoms with E-state index < -0.39 is 12.6 Å². The second-order valence-electron chi connectivity index (χ2n) is 4.25. The molecular weight excluding hydrogens is 285 g/mol. The first-order chi connectivity index (χ1) is 9.55. The highest BCUT2D eigenvalue weighted by Gasteiger charge is 2.30. The molecule has 0 aromatic carbocycles. The zero-order valence-corrected chi connectivity index (χ0v) is 11.6. The van der Waals surface area contributed by atoms with Gasteiger partial charge in [0.25, 0.3) is 5.91 Å². The second-order valence-corrected chi connectivity index (χ2v) is 5.22. The number of hydrogen-bond donors (Lipinski definition) is 3. The summed E-state index contributed by atoms with van der Waals surface area (Å²) in [6, 6.07) is 0. The van der Waals surface area contributed by atoms with Gasteiger partial charge in [0.2, 0.25) is 17.0 Å². The Morgan fingerprint density at radius 3 is 2.80 bits per heavy atom. The topological polar surface area (TPSA) is 109 Å². The molecule has 0 saturated heterocycles. The molecule has 0 spiro atoms. The van der Waals surface area contributed by atoms with Gasteiger partial charge in [-0.05, 0) is 12.8 Å². The van der Waals surface area contributed by atoms with Crippen LogP contribution in [0.15, 0.2) is 4.99 Å². The number of aromatic nitrogens is 1. The minimum Gasteiger partial charge on any atom is -0.369 e. The number of hydrogen-bond acceptors (Lipinski definition) is 5. The molecule has 108 valence electrons. The van der Waals surface area contributed by atoms with Crippen LogP contribution in [0.2, 0.25) is 0 Å². The molecule has 1 aromatic rings. The Kier molecular flexibility index (Phi) is 4.28. The largest absolute Gasteiger partial charge is 0.369 e. The monoisotopic (exact) mass is 299 g/mol. The summed E-state index contributed by atoms with van der Waals surface area (Å²) >= 11 is 0.914. The summed E-state index contributed by atoms with van der Waals surface area (Å²) in [5.41, 5.74) is 5.58. The number of nitrogens with zero attached hydrogens (tertiary/aromatic N) is 2. The molecule has 4 N–H and O–H groups in total. The number of rotatable bonds is 4. The van der Waals surface area contributed by atoms with E-state index in [1.807, 2.05) is 0 Å². The number of nitrogens with two attached hydrogens (primary N) is 1. The highest BCUT2D eigenvalue weighted by atomic mass is 32.1. The quantitative estimate of drug-likeness (QED) is 0.553. The maximum absolute atomic E-state index is 12.8. The Balaban J connectivity index is 2.13. The van der Waals surface area contributed by atoms with Crippen LogP contribution in [0.4, 0.5) is 9.52 Å². The van der Waals surface area contributed by atoms with Crippen molar-refractivity contribution in [2.24, 2.45) is 16.6 Å². The lowest BCUT2D eigenvalue weighted by Gasteiger charge is -2.00. The summed E-state index contributed by atoms with van der Waals surface area (Å²) in [5.74, 6) is -0.718. The molecule has 7 nitrogen and oxygen atoms in total. The van der Waals surface area contributed by atoms with Gasteiger partial charge in [0, 0.05) is 13.0 Å². The van der Waals surface area contributed by atoms with Crippen LogP contribution < -0.4 is 16.4 Å². The molecule has 9 heteroatoms. The van der Waals surface area contributed by atoms with Gasteiger partial charge in [-0.2, -0.15) is 4.99 Å². The summed E-state index contributed by atoms with van der Waals surface area (Å²) in [5, 5.41) is 4.96. The van der Waals surface area contributed by atoms with E-state index in [0.29, 0.717) is 0 Å². The van der Waals surface area contributed by atoms with Crippen molar-refractivity contribution < 1.29 is 14.0 Å². The number of carbonyl (C=O) groups excluding carboxylic acids is 2. The molecule has 1 heterocycles. The fourth-order valence-electron chi connectivity index (χ4n) is 1.47. The molecule has 1 aliphatic carbocycles. The highest BCUT2D eigenvalue weighted by Crippen LogP contribution is 2.29. The third-order valence-corrected chi connectivity index (χ3v) is 3.65. The van der Waals surface area contributed by atoms with Crippen LogP contribution in [-0.2, 0) is 11.5 Å². The molecule has 0 atom stereocenters. The van der Waals surface area contributed by atoms with Crippen molar-refractivity contribution in [3.8, 4) is 0 Å². The van der Waals surface area contributed by atoms with Crippen LogP contribution in [0.5, 0.6) is 0 Å². The van der Waals surface area contributed by atoms with Gasteiger partial charge in [0.15, 0.2) is 0 Å². The van der Waals surface area contributed by atoms with Crippen molar-refractivity contribution in [1.82, 2.24) is 15.6 Å². The molecule has 0 radical (unpaired) electrons. The molecule has 1 fully saturated rings. The van der Waals surface area contributed by atoms with Crippen LogP contribution in [0.3, 0.4) is 0 Å². The van der Waals surface area contributed by atoms with E-state index in [2.05, 4.69) is 20.6 Å². The number of nitrogens with one attached hydrogen (secondary N) is 2. The predicted octanol–water partition coefficient (Wildman–Crippen LogP) is 0.445. The molecule has 1 aliphatic rings. The molecule has 0 unspecified atom stereocenters. The summed E-state index contributed by atoms with van der Waals surface area (Å²) in [4.78, 5) is 30.9. The van der Waals surface area contributed by atoms with E-state index in [4.69, 9.17) is 5.73 Å². The third-order valence-electron chi connectivity index (χ3n) is 2.66. The van der Waals surface area contributed by atoms with E-state index in [-0.39, 0.29) is 33.5 Å². The Morgan fingerprint density at radius 2 is 2.25 bits per heavy atom. The smallest absolute Gasteiger partial charge is 0.263 e. The van der Waals surface area contributed by atoms with Crippen LogP contribution in [0, 0.1) is 5.92 Å². The average Bonchev–Trinajstić information content (AvgIpc) is 3.19. The Bertz CT molecular complexity index is 567. The van der Waals surface area contributed by atoms with Crippen molar-refractivity contribution in [3.05, 3.63) is 10.6 Å². The summed E-state index contributed by atoms with van der Waals surface area (Å²) in [6.45, 7) is -0.872. The molecule has 20 heavy (non-hydrogen) atoms. The van der Waals surface area contributed by atoms with Gasteiger partial charge >= 0.3 is 0 Å². The first-order valence-electron chi connectivity index (χ1n) is 5.98. The highest BCUT2D eigenvalue weighted by molar-refractivity contribution is 7.17. The van der Waals surface area contributed by atoms with Crippen molar-refractivity contribution >= 4 is 34.2 Å². The lowest BCUT2D eigenvalue weighted by atomic mass is 10.4. The standard InChI is InChI=1S/C11H14FN5O2S/c1-14-9(19)7-6(4-12)15-11(20-7)17-10(13)16-8(18)5-2-3-5/h5H,2-4H2,1H3,(H,14,19)(H3,13,15,16,17,18).